The normalized spacial score (nSPS) is 12.1. The molecule has 1 aromatic carbocycles. The van der Waals surface area contributed by atoms with Crippen molar-refractivity contribution in [1.82, 2.24) is 19.9 Å². The molecule has 3 rings (SSSR count). The van der Waals surface area contributed by atoms with Crippen LogP contribution in [-0.4, -0.2) is 26.0 Å². The average Bonchev–Trinajstić information content (AvgIpc) is 3.11. The van der Waals surface area contributed by atoms with Crippen LogP contribution in [-0.2, 0) is 5.41 Å². The van der Waals surface area contributed by atoms with Gasteiger partial charge in [-0.1, -0.05) is 44.5 Å². The highest BCUT2D eigenvalue weighted by Crippen LogP contribution is 2.26. The average molecular weight is 411 g/mol. The van der Waals surface area contributed by atoms with Crippen molar-refractivity contribution < 1.29 is 4.79 Å². The van der Waals surface area contributed by atoms with Crippen LogP contribution in [0.5, 0.6) is 0 Å². The molecule has 5 nitrogen and oxygen atoms in total. The van der Waals surface area contributed by atoms with Gasteiger partial charge >= 0.3 is 0 Å². The maximum Gasteiger partial charge on any atom is 0.251 e. The van der Waals surface area contributed by atoms with Gasteiger partial charge in [0.1, 0.15) is 11.6 Å². The Hall–Kier alpha value is -2.66. The summed E-state index contributed by atoms with van der Waals surface area (Å²) >= 11 is 6.04. The first-order valence-corrected chi connectivity index (χ1v) is 9.96. The van der Waals surface area contributed by atoms with Crippen LogP contribution in [0.15, 0.2) is 48.8 Å². The van der Waals surface area contributed by atoms with Crippen molar-refractivity contribution >= 4 is 17.5 Å². The van der Waals surface area contributed by atoms with Gasteiger partial charge < -0.3 is 5.32 Å². The predicted molar refractivity (Wildman–Crippen MR) is 118 cm³/mol. The highest BCUT2D eigenvalue weighted by Gasteiger charge is 2.23. The number of benzene rings is 1. The summed E-state index contributed by atoms with van der Waals surface area (Å²) in [5.74, 6) is 1.38. The Balaban J connectivity index is 2.17. The molecule has 1 amide bonds. The van der Waals surface area contributed by atoms with Crippen LogP contribution in [0.25, 0.3) is 17.1 Å². The SMILES string of the molecule is CC(C)(C)NC(=O)c1cc(-c2ccc(Cl)cc2)nc(-n2ccnc2C(C)(C)C)c1. The number of rotatable bonds is 3. The molecule has 2 aromatic heterocycles. The van der Waals surface area contributed by atoms with Crippen molar-refractivity contribution in [1.29, 1.82) is 0 Å². The first-order chi connectivity index (χ1) is 13.4. The van der Waals surface area contributed by atoms with Gasteiger partial charge in [-0.25, -0.2) is 9.97 Å². The van der Waals surface area contributed by atoms with E-state index < -0.39 is 0 Å². The number of carbonyl (C=O) groups excluding carboxylic acids is 1. The van der Waals surface area contributed by atoms with Crippen LogP contribution in [0.2, 0.25) is 5.02 Å². The number of amides is 1. The van der Waals surface area contributed by atoms with E-state index in [0.717, 1.165) is 11.4 Å². The molecule has 0 aliphatic heterocycles. The van der Waals surface area contributed by atoms with Gasteiger partial charge in [0.15, 0.2) is 0 Å². The van der Waals surface area contributed by atoms with Crippen LogP contribution in [0.3, 0.4) is 0 Å². The van der Waals surface area contributed by atoms with Gasteiger partial charge in [0.05, 0.1) is 5.69 Å². The lowest BCUT2D eigenvalue weighted by Gasteiger charge is -2.22. The van der Waals surface area contributed by atoms with E-state index in [4.69, 9.17) is 16.6 Å². The largest absolute Gasteiger partial charge is 0.347 e. The summed E-state index contributed by atoms with van der Waals surface area (Å²) in [5.41, 5.74) is 1.62. The molecule has 1 N–H and O–H groups in total. The molecule has 152 valence electrons. The number of hydrogen-bond donors (Lipinski definition) is 1. The summed E-state index contributed by atoms with van der Waals surface area (Å²) in [6.45, 7) is 12.2. The molecule has 0 fully saturated rings. The van der Waals surface area contributed by atoms with Crippen LogP contribution < -0.4 is 5.32 Å². The lowest BCUT2D eigenvalue weighted by Crippen LogP contribution is -2.40. The van der Waals surface area contributed by atoms with Gasteiger partial charge in [-0.15, -0.1) is 0 Å². The first kappa shape index (κ1) is 21.1. The lowest BCUT2D eigenvalue weighted by molar-refractivity contribution is 0.0919. The van der Waals surface area contributed by atoms with Crippen molar-refractivity contribution in [3.05, 3.63) is 65.2 Å². The van der Waals surface area contributed by atoms with Crippen LogP contribution >= 0.6 is 11.6 Å². The second-order valence-corrected chi connectivity index (χ2v) is 9.62. The van der Waals surface area contributed by atoms with Crippen molar-refractivity contribution in [3.8, 4) is 17.1 Å². The van der Waals surface area contributed by atoms with Gasteiger partial charge in [0, 0.05) is 39.5 Å². The van der Waals surface area contributed by atoms with E-state index in [2.05, 4.69) is 31.1 Å². The number of hydrogen-bond acceptors (Lipinski definition) is 3. The molecule has 2 heterocycles. The fourth-order valence-electron chi connectivity index (χ4n) is 3.00. The molecule has 0 spiro atoms. The standard InChI is InChI=1S/C23H27ClN4O/c1-22(2,3)21-25-11-12-28(21)19-14-16(20(29)27-23(4,5)6)13-18(26-19)15-7-9-17(24)10-8-15/h7-14H,1-6H3,(H,27,29). The molecule has 6 heteroatoms. The van der Waals surface area contributed by atoms with E-state index in [9.17, 15) is 4.79 Å². The molecular weight excluding hydrogens is 384 g/mol. The Morgan fingerprint density at radius 3 is 2.28 bits per heavy atom. The predicted octanol–water partition coefficient (Wildman–Crippen LogP) is 5.41. The molecule has 0 atom stereocenters. The number of carbonyl (C=O) groups is 1. The summed E-state index contributed by atoms with van der Waals surface area (Å²) in [5, 5.41) is 3.68. The highest BCUT2D eigenvalue weighted by atomic mass is 35.5. The van der Waals surface area contributed by atoms with Crippen LogP contribution in [0.4, 0.5) is 0 Å². The topological polar surface area (TPSA) is 59.8 Å². The first-order valence-electron chi connectivity index (χ1n) is 9.59. The van der Waals surface area contributed by atoms with Gasteiger partial charge in [-0.05, 0) is 45.0 Å². The molecule has 0 unspecified atom stereocenters. The molecule has 0 aliphatic carbocycles. The Bertz CT molecular complexity index is 1020. The molecule has 0 radical (unpaired) electrons. The molecule has 0 bridgehead atoms. The summed E-state index contributed by atoms with van der Waals surface area (Å²) in [6, 6.07) is 11.0. The highest BCUT2D eigenvalue weighted by molar-refractivity contribution is 6.30. The van der Waals surface area contributed by atoms with E-state index in [1.165, 1.54) is 0 Å². The maximum absolute atomic E-state index is 12.9. The van der Waals surface area contributed by atoms with E-state index in [0.29, 0.717) is 22.1 Å². The molecular formula is C23H27ClN4O. The molecule has 3 aromatic rings. The molecule has 0 saturated heterocycles. The van der Waals surface area contributed by atoms with Gasteiger partial charge in [0.2, 0.25) is 0 Å². The summed E-state index contributed by atoms with van der Waals surface area (Å²) < 4.78 is 1.94. The van der Waals surface area contributed by atoms with Crippen molar-refractivity contribution in [2.24, 2.45) is 0 Å². The molecule has 0 saturated carbocycles. The van der Waals surface area contributed by atoms with E-state index in [-0.39, 0.29) is 16.9 Å². The third kappa shape index (κ3) is 5.04. The van der Waals surface area contributed by atoms with Crippen molar-refractivity contribution in [2.75, 3.05) is 0 Å². The second-order valence-electron chi connectivity index (χ2n) is 9.18. The lowest BCUT2D eigenvalue weighted by atomic mass is 9.95. The van der Waals surface area contributed by atoms with E-state index in [1.807, 2.05) is 61.9 Å². The number of aromatic nitrogens is 3. The van der Waals surface area contributed by atoms with E-state index in [1.54, 1.807) is 12.3 Å². The fourth-order valence-corrected chi connectivity index (χ4v) is 3.12. The Kier molecular flexibility index (Phi) is 5.54. The van der Waals surface area contributed by atoms with Gasteiger partial charge in [-0.2, -0.15) is 0 Å². The Labute approximate surface area is 177 Å². The fraction of sp³-hybridized carbons (Fsp3) is 0.348. The summed E-state index contributed by atoms with van der Waals surface area (Å²) in [6.07, 6.45) is 3.63. The minimum atomic E-state index is -0.341. The number of pyridine rings is 1. The summed E-state index contributed by atoms with van der Waals surface area (Å²) in [7, 11) is 0. The second kappa shape index (κ2) is 7.64. The quantitative estimate of drug-likeness (QED) is 0.627. The Morgan fingerprint density at radius 1 is 1.03 bits per heavy atom. The maximum atomic E-state index is 12.9. The van der Waals surface area contributed by atoms with Gasteiger partial charge in [0.25, 0.3) is 5.91 Å². The van der Waals surface area contributed by atoms with Crippen molar-refractivity contribution in [2.45, 2.75) is 52.5 Å². The smallest absolute Gasteiger partial charge is 0.251 e. The number of halogens is 1. The molecule has 29 heavy (non-hydrogen) atoms. The Morgan fingerprint density at radius 2 is 1.69 bits per heavy atom. The summed E-state index contributed by atoms with van der Waals surface area (Å²) in [4.78, 5) is 22.3. The third-order valence-corrected chi connectivity index (χ3v) is 4.51. The monoisotopic (exact) mass is 410 g/mol. The zero-order chi connectivity index (χ0) is 21.4. The minimum Gasteiger partial charge on any atom is -0.347 e. The van der Waals surface area contributed by atoms with Gasteiger partial charge in [-0.3, -0.25) is 9.36 Å². The number of nitrogens with one attached hydrogen (secondary N) is 1. The zero-order valence-electron chi connectivity index (χ0n) is 17.7. The van der Waals surface area contributed by atoms with Crippen molar-refractivity contribution in [3.63, 3.8) is 0 Å². The number of nitrogens with zero attached hydrogens (tertiary/aromatic N) is 3. The minimum absolute atomic E-state index is 0.145. The van der Waals surface area contributed by atoms with Crippen LogP contribution in [0.1, 0.15) is 57.7 Å². The van der Waals surface area contributed by atoms with E-state index >= 15 is 0 Å². The zero-order valence-corrected chi connectivity index (χ0v) is 18.5. The van der Waals surface area contributed by atoms with Crippen LogP contribution in [0, 0.1) is 0 Å². The molecule has 0 aliphatic rings. The number of imidazole rings is 1. The third-order valence-electron chi connectivity index (χ3n) is 4.26.